The number of esters is 1. The van der Waals surface area contributed by atoms with Crippen LogP contribution < -0.4 is 10.1 Å². The molecule has 9 nitrogen and oxygen atoms in total. The lowest BCUT2D eigenvalue weighted by atomic mass is 9.85. The number of likely N-dealkylation sites (tertiary alicyclic amines) is 1. The van der Waals surface area contributed by atoms with Gasteiger partial charge in [-0.15, -0.1) is 0 Å². The number of hydrogen-bond donors (Lipinski definition) is 1. The highest BCUT2D eigenvalue weighted by atomic mass is 16.6. The zero-order valence-corrected chi connectivity index (χ0v) is 20.6. The Morgan fingerprint density at radius 3 is 2.56 bits per heavy atom. The summed E-state index contributed by atoms with van der Waals surface area (Å²) in [5, 5.41) is 12.4. The molecule has 184 valence electrons. The van der Waals surface area contributed by atoms with Gasteiger partial charge in [-0.05, 0) is 72.1 Å². The first-order valence-corrected chi connectivity index (χ1v) is 11.5. The molecule has 0 bridgehead atoms. The fourth-order valence-electron chi connectivity index (χ4n) is 4.39. The van der Waals surface area contributed by atoms with Gasteiger partial charge in [0.05, 0.1) is 17.7 Å². The van der Waals surface area contributed by atoms with E-state index in [0.717, 1.165) is 12.8 Å². The molecule has 1 unspecified atom stereocenters. The van der Waals surface area contributed by atoms with E-state index >= 15 is 0 Å². The summed E-state index contributed by atoms with van der Waals surface area (Å²) in [5.74, 6) is -0.405. The fourth-order valence-corrected chi connectivity index (χ4v) is 4.39. The van der Waals surface area contributed by atoms with Crippen molar-refractivity contribution in [1.29, 1.82) is 5.26 Å². The van der Waals surface area contributed by atoms with E-state index in [2.05, 4.69) is 11.4 Å². The van der Waals surface area contributed by atoms with E-state index < -0.39 is 41.5 Å². The van der Waals surface area contributed by atoms with E-state index in [4.69, 9.17) is 14.2 Å². The highest BCUT2D eigenvalue weighted by Gasteiger charge is 2.48. The zero-order chi connectivity index (χ0) is 25.3. The average Bonchev–Trinajstić information content (AvgIpc) is 2.74. The molecular formula is C25H33N3O6. The molecule has 2 aliphatic heterocycles. The predicted octanol–water partition coefficient (Wildman–Crippen LogP) is 3.61. The van der Waals surface area contributed by atoms with Crippen molar-refractivity contribution in [2.45, 2.75) is 90.2 Å². The molecule has 1 aromatic carbocycles. The number of amides is 2. The van der Waals surface area contributed by atoms with E-state index in [-0.39, 0.29) is 5.91 Å². The van der Waals surface area contributed by atoms with Gasteiger partial charge < -0.3 is 19.5 Å². The first-order chi connectivity index (χ1) is 15.8. The standard InChI is InChI=1S/C25H33N3O6/c1-15(29)32-21-20(17-13-16(14-26)10-11-19(17)33-25(21,5)6)27-22(30)18-9-7-8-12-28(18)23(31)34-24(2,3)4/h10-11,13,18,20-21H,7-9,12H2,1-6H3,(H,27,30)/t18?,20-,21+/m1/s1. The van der Waals surface area contributed by atoms with Gasteiger partial charge in [0.1, 0.15) is 23.0 Å². The number of benzene rings is 1. The SMILES string of the molecule is CC(=O)O[C@H]1[C@H](NC(=O)C2CCCCN2C(=O)OC(C)(C)C)c2cc(C#N)ccc2OC1(C)C. The minimum atomic E-state index is -0.956. The smallest absolute Gasteiger partial charge is 0.410 e. The zero-order valence-electron chi connectivity index (χ0n) is 20.6. The van der Waals surface area contributed by atoms with Crippen molar-refractivity contribution in [3.05, 3.63) is 29.3 Å². The van der Waals surface area contributed by atoms with Crippen LogP contribution in [0.2, 0.25) is 0 Å². The Hall–Kier alpha value is -3.28. The Morgan fingerprint density at radius 2 is 1.94 bits per heavy atom. The minimum absolute atomic E-state index is 0.376. The Bertz CT molecular complexity index is 1010. The topological polar surface area (TPSA) is 118 Å². The van der Waals surface area contributed by atoms with Crippen molar-refractivity contribution >= 4 is 18.0 Å². The molecule has 0 aromatic heterocycles. The highest BCUT2D eigenvalue weighted by Crippen LogP contribution is 2.42. The second kappa shape index (κ2) is 9.53. The Morgan fingerprint density at radius 1 is 1.24 bits per heavy atom. The second-order valence-corrected chi connectivity index (χ2v) is 10.3. The summed E-state index contributed by atoms with van der Waals surface area (Å²) in [6.45, 7) is 10.6. The molecule has 2 heterocycles. The molecule has 1 fully saturated rings. The molecule has 3 rings (SSSR count). The van der Waals surface area contributed by atoms with Crippen LogP contribution in [0.5, 0.6) is 5.75 Å². The third-order valence-corrected chi connectivity index (χ3v) is 5.86. The molecule has 34 heavy (non-hydrogen) atoms. The summed E-state index contributed by atoms with van der Waals surface area (Å²) in [4.78, 5) is 39.8. The van der Waals surface area contributed by atoms with Gasteiger partial charge in [-0.3, -0.25) is 14.5 Å². The van der Waals surface area contributed by atoms with Crippen LogP contribution >= 0.6 is 0 Å². The first-order valence-electron chi connectivity index (χ1n) is 11.5. The molecule has 2 aliphatic rings. The number of nitriles is 1. The maximum atomic E-state index is 13.5. The molecule has 1 aromatic rings. The van der Waals surface area contributed by atoms with Crippen molar-refractivity contribution in [3.8, 4) is 11.8 Å². The average molecular weight is 472 g/mol. The van der Waals surface area contributed by atoms with E-state index in [0.29, 0.717) is 29.8 Å². The number of hydrogen-bond acceptors (Lipinski definition) is 7. The predicted molar refractivity (Wildman–Crippen MR) is 123 cm³/mol. The van der Waals surface area contributed by atoms with Crippen molar-refractivity contribution in [1.82, 2.24) is 10.2 Å². The van der Waals surface area contributed by atoms with Gasteiger partial charge in [0.15, 0.2) is 6.10 Å². The maximum absolute atomic E-state index is 13.5. The van der Waals surface area contributed by atoms with Crippen LogP contribution in [0.25, 0.3) is 0 Å². The quantitative estimate of drug-likeness (QED) is 0.669. The van der Waals surface area contributed by atoms with Crippen LogP contribution in [0.1, 0.15) is 78.0 Å². The molecule has 0 saturated carbocycles. The maximum Gasteiger partial charge on any atom is 0.410 e. The fraction of sp³-hybridized carbons (Fsp3) is 0.600. The van der Waals surface area contributed by atoms with Crippen LogP contribution in [0.4, 0.5) is 4.79 Å². The largest absolute Gasteiger partial charge is 0.484 e. The number of carbonyl (C=O) groups excluding carboxylic acids is 3. The summed E-state index contributed by atoms with van der Waals surface area (Å²) < 4.78 is 17.2. The van der Waals surface area contributed by atoms with Crippen molar-refractivity contribution in [3.63, 3.8) is 0 Å². The second-order valence-electron chi connectivity index (χ2n) is 10.3. The third kappa shape index (κ3) is 5.61. The van der Waals surface area contributed by atoms with Crippen LogP contribution in [0, 0.1) is 11.3 Å². The van der Waals surface area contributed by atoms with E-state index in [1.807, 2.05) is 0 Å². The summed E-state index contributed by atoms with van der Waals surface area (Å²) in [7, 11) is 0. The minimum Gasteiger partial charge on any atom is -0.484 e. The molecular weight excluding hydrogens is 438 g/mol. The molecule has 2 amide bonds. The van der Waals surface area contributed by atoms with Gasteiger partial charge in [-0.1, -0.05) is 0 Å². The number of fused-ring (bicyclic) bond motifs is 1. The molecule has 1 N–H and O–H groups in total. The van der Waals surface area contributed by atoms with Gasteiger partial charge in [0, 0.05) is 19.0 Å². The highest BCUT2D eigenvalue weighted by molar-refractivity contribution is 5.86. The summed E-state index contributed by atoms with van der Waals surface area (Å²) in [6.07, 6.45) is 0.662. The van der Waals surface area contributed by atoms with Gasteiger partial charge in [0.2, 0.25) is 5.91 Å². The number of ether oxygens (including phenoxy) is 3. The Labute approximate surface area is 200 Å². The normalized spacial score (nSPS) is 23.6. The molecule has 0 spiro atoms. The van der Waals surface area contributed by atoms with Crippen molar-refractivity contribution in [2.24, 2.45) is 0 Å². The van der Waals surface area contributed by atoms with Gasteiger partial charge in [-0.2, -0.15) is 5.26 Å². The molecule has 1 saturated heterocycles. The lowest BCUT2D eigenvalue weighted by molar-refractivity contribution is -0.164. The van der Waals surface area contributed by atoms with Gasteiger partial charge in [-0.25, -0.2) is 4.79 Å². The molecule has 0 aliphatic carbocycles. The van der Waals surface area contributed by atoms with E-state index in [1.54, 1.807) is 52.8 Å². The van der Waals surface area contributed by atoms with Crippen LogP contribution in [0.15, 0.2) is 18.2 Å². The third-order valence-electron chi connectivity index (χ3n) is 5.86. The number of piperidine rings is 1. The Balaban J connectivity index is 1.95. The van der Waals surface area contributed by atoms with E-state index in [9.17, 15) is 19.6 Å². The number of rotatable bonds is 3. The monoisotopic (exact) mass is 471 g/mol. The van der Waals surface area contributed by atoms with Crippen LogP contribution in [-0.4, -0.2) is 52.8 Å². The van der Waals surface area contributed by atoms with Crippen LogP contribution in [0.3, 0.4) is 0 Å². The lowest BCUT2D eigenvalue weighted by Crippen LogP contribution is -2.59. The number of nitrogens with one attached hydrogen (secondary N) is 1. The lowest BCUT2D eigenvalue weighted by Gasteiger charge is -2.45. The van der Waals surface area contributed by atoms with Crippen molar-refractivity contribution < 1.29 is 28.6 Å². The number of carbonyl (C=O) groups is 3. The molecule has 0 radical (unpaired) electrons. The molecule has 9 heteroatoms. The Kier molecular flexibility index (Phi) is 7.10. The van der Waals surface area contributed by atoms with Gasteiger partial charge in [0.25, 0.3) is 0 Å². The van der Waals surface area contributed by atoms with Crippen LogP contribution in [-0.2, 0) is 19.1 Å². The summed E-state index contributed by atoms with van der Waals surface area (Å²) in [5.41, 5.74) is -0.719. The van der Waals surface area contributed by atoms with E-state index in [1.165, 1.54) is 11.8 Å². The summed E-state index contributed by atoms with van der Waals surface area (Å²) in [6, 6.07) is 5.52. The van der Waals surface area contributed by atoms with Gasteiger partial charge >= 0.3 is 12.1 Å². The first kappa shape index (κ1) is 25.3. The van der Waals surface area contributed by atoms with Crippen molar-refractivity contribution in [2.75, 3.05) is 6.54 Å². The summed E-state index contributed by atoms with van der Waals surface area (Å²) >= 11 is 0. The number of nitrogens with zero attached hydrogens (tertiary/aromatic N) is 2. The molecule has 3 atom stereocenters.